The van der Waals surface area contributed by atoms with Crippen LogP contribution in [0.5, 0.6) is 6.01 Å². The van der Waals surface area contributed by atoms with Crippen LogP contribution in [0.4, 0.5) is 33.3 Å². The molecule has 0 unspecified atom stereocenters. The van der Waals surface area contributed by atoms with Gasteiger partial charge in [-0.3, -0.25) is 0 Å². The van der Waals surface area contributed by atoms with Gasteiger partial charge in [0.2, 0.25) is 0 Å². The minimum absolute atomic E-state index is 0. The fourth-order valence-corrected chi connectivity index (χ4v) is 8.11. The summed E-state index contributed by atoms with van der Waals surface area (Å²) in [7, 11) is -4.29. The second-order valence-corrected chi connectivity index (χ2v) is 19.1. The second kappa shape index (κ2) is 20.5. The molecule has 5 aromatic rings. The van der Waals surface area contributed by atoms with E-state index in [1.807, 2.05) is 41.5 Å². The van der Waals surface area contributed by atoms with Gasteiger partial charge in [-0.2, -0.15) is 31.0 Å². The van der Waals surface area contributed by atoms with Crippen LogP contribution in [0.3, 0.4) is 0 Å². The van der Waals surface area contributed by atoms with E-state index in [1.54, 1.807) is 0 Å². The fourth-order valence-electron chi connectivity index (χ4n) is 4.23. The van der Waals surface area contributed by atoms with E-state index in [0.29, 0.717) is 26.6 Å². The third kappa shape index (κ3) is 12.8. The average Bonchev–Trinajstić information content (AvgIpc) is 3.85. The first-order valence-electron chi connectivity index (χ1n) is 15.5. The maximum atomic E-state index is 12.9. The Morgan fingerprint density at radius 2 is 1.16 bits per heavy atom. The number of hydrogen-bond donors (Lipinski definition) is 2. The van der Waals surface area contributed by atoms with Crippen LogP contribution >= 0.6 is 46.2 Å². The number of anilines is 2. The number of azo groups is 2. The first-order valence-corrected chi connectivity index (χ1v) is 20.7. The van der Waals surface area contributed by atoms with Gasteiger partial charge in [-0.25, -0.2) is 18.4 Å². The molecule has 21 nitrogen and oxygen atoms in total. The molecule has 0 saturated carbocycles. The van der Waals surface area contributed by atoms with Crippen molar-refractivity contribution < 1.29 is 74.7 Å². The van der Waals surface area contributed by atoms with Crippen LogP contribution in [0.2, 0.25) is 0 Å². The summed E-state index contributed by atoms with van der Waals surface area (Å²) in [5, 5.41) is 56.0. The standard InChI is InChI=1S/C27H36N17O4S5.3Li/c1-8-10-49-24-39-37-22(51-24)35-33-13-15(26(2,3)4)41-43(17(13)28)19-30-20(32-21(45)31-19)44-18(29)14(16(42-44)27(5,6)7)34-36-23-38-40-25(52-23)50-11-9-12-53(46,47)48;;;/h1,8-12,28-29H2,2-7H3,(H,46,47,48)(H,30,31,32,45);;;/q-1;3*+1/p-2. The molecule has 0 aliphatic rings. The summed E-state index contributed by atoms with van der Waals surface area (Å²) in [5.74, 6) is 0.214. The molecule has 0 fully saturated rings. The van der Waals surface area contributed by atoms with Gasteiger partial charge >= 0.3 is 56.6 Å². The summed E-state index contributed by atoms with van der Waals surface area (Å²) in [4.78, 5) is 12.4. The Balaban J connectivity index is 0.00000361. The van der Waals surface area contributed by atoms with Crippen molar-refractivity contribution >= 4 is 89.6 Å². The summed E-state index contributed by atoms with van der Waals surface area (Å²) in [5.41, 5.74) is 13.2. The zero-order valence-electron chi connectivity index (χ0n) is 32.3. The predicted octanol–water partition coefficient (Wildman–Crippen LogP) is -4.03. The Labute approximate surface area is 375 Å². The first kappa shape index (κ1) is 49.7. The third-order valence-corrected chi connectivity index (χ3v) is 11.4. The van der Waals surface area contributed by atoms with Crippen molar-refractivity contribution in [2.45, 2.75) is 73.9 Å². The minimum atomic E-state index is -4.29. The summed E-state index contributed by atoms with van der Waals surface area (Å²) in [6.45, 7) is 15.2. The molecule has 284 valence electrons. The molecule has 0 aliphatic heterocycles. The number of nitrogens with two attached hydrogens (primary N) is 2. The summed E-state index contributed by atoms with van der Waals surface area (Å²) < 4.78 is 36.1. The van der Waals surface area contributed by atoms with Crippen LogP contribution in [-0.2, 0) is 20.9 Å². The third-order valence-electron chi connectivity index (χ3n) is 6.58. The molecular formula is C27H34Li3N17O4S5. The van der Waals surface area contributed by atoms with Gasteiger partial charge in [-0.1, -0.05) is 87.7 Å². The van der Waals surface area contributed by atoms with Crippen molar-refractivity contribution in [3.05, 3.63) is 18.3 Å². The number of rotatable bonds is 14. The smallest absolute Gasteiger partial charge is 0.844 e. The molecule has 5 aromatic heterocycles. The Hall–Kier alpha value is -2.45. The van der Waals surface area contributed by atoms with Gasteiger partial charge in [-0.05, 0) is 12.2 Å². The zero-order chi connectivity index (χ0) is 38.7. The van der Waals surface area contributed by atoms with Crippen LogP contribution in [0.1, 0.15) is 65.8 Å². The number of nitrogen functional groups attached to an aromatic ring is 2. The number of aromatic nitrogens is 11. The van der Waals surface area contributed by atoms with E-state index in [-0.39, 0.29) is 103 Å². The van der Waals surface area contributed by atoms with E-state index in [0.717, 1.165) is 32.5 Å². The number of hydrogen-bond acceptors (Lipinski definition) is 23. The van der Waals surface area contributed by atoms with Gasteiger partial charge in [0, 0.05) is 22.3 Å². The van der Waals surface area contributed by atoms with Gasteiger partial charge < -0.3 is 28.1 Å². The van der Waals surface area contributed by atoms with Crippen molar-refractivity contribution in [1.29, 1.82) is 0 Å². The molecule has 0 aromatic carbocycles. The Bertz CT molecular complexity index is 2260. The molecule has 5 rings (SSSR count). The van der Waals surface area contributed by atoms with E-state index in [9.17, 15) is 18.1 Å². The van der Waals surface area contributed by atoms with Crippen molar-refractivity contribution in [2.75, 3.05) is 28.7 Å². The van der Waals surface area contributed by atoms with Crippen molar-refractivity contribution in [3.8, 4) is 17.9 Å². The maximum Gasteiger partial charge on any atom is 1.00 e. The van der Waals surface area contributed by atoms with Crippen LogP contribution in [0.25, 0.3) is 11.9 Å². The van der Waals surface area contributed by atoms with Crippen molar-refractivity contribution in [1.82, 2.24) is 54.9 Å². The van der Waals surface area contributed by atoms with E-state index in [2.05, 4.69) is 72.9 Å². The quantitative estimate of drug-likeness (QED) is 0.0269. The van der Waals surface area contributed by atoms with E-state index >= 15 is 0 Å². The van der Waals surface area contributed by atoms with Gasteiger partial charge in [0.15, 0.2) is 31.7 Å². The molecule has 0 aliphatic carbocycles. The van der Waals surface area contributed by atoms with E-state index in [1.165, 1.54) is 39.5 Å². The van der Waals surface area contributed by atoms with Crippen LogP contribution in [0.15, 0.2) is 29.1 Å². The zero-order valence-corrected chi connectivity index (χ0v) is 36.4. The predicted molar refractivity (Wildman–Crippen MR) is 199 cm³/mol. The average molecular weight is 842 g/mol. The molecule has 29 heteroatoms. The Morgan fingerprint density at radius 3 is 1.55 bits per heavy atom. The van der Waals surface area contributed by atoms with Crippen LogP contribution in [-0.4, -0.2) is 85.1 Å². The topological polar surface area (TPSA) is 308 Å². The number of nitrogens with zero attached hydrogens (tertiary/aromatic N) is 15. The molecule has 0 amide bonds. The molecule has 0 atom stereocenters. The molecule has 0 saturated heterocycles. The SMILES string of the molecule is [CH2-]CCSc1nnc(N=Nc2c(C(C)(C)C)nn(-c3nc([O-])nc(-n4nc(C(C)(C)C)c(N=Nc5nnc(SCCCS(=O)(=O)[O-])s5)c4N)n3)c2N)s1.[Li+].[Li+].[Li+]. The van der Waals surface area contributed by atoms with Gasteiger partial charge in [0.1, 0.15) is 0 Å². The van der Waals surface area contributed by atoms with E-state index in [4.69, 9.17) is 11.5 Å². The Kier molecular flexibility index (Phi) is 18.2. The van der Waals surface area contributed by atoms with Gasteiger partial charge in [0.25, 0.3) is 22.2 Å². The van der Waals surface area contributed by atoms with Crippen LogP contribution in [0, 0.1) is 6.92 Å². The van der Waals surface area contributed by atoms with Gasteiger partial charge in [-0.15, -0.1) is 40.9 Å². The second-order valence-electron chi connectivity index (χ2n) is 13.0. The Morgan fingerprint density at radius 1 is 0.732 bits per heavy atom. The van der Waals surface area contributed by atoms with Crippen molar-refractivity contribution in [2.24, 2.45) is 20.5 Å². The molecule has 0 spiro atoms. The molecule has 56 heavy (non-hydrogen) atoms. The maximum absolute atomic E-state index is 12.9. The van der Waals surface area contributed by atoms with E-state index < -0.39 is 32.7 Å². The monoisotopic (exact) mass is 841 g/mol. The first-order chi connectivity index (χ1) is 24.8. The summed E-state index contributed by atoms with van der Waals surface area (Å²) in [6.07, 6.45) is 0.910. The molecule has 0 radical (unpaired) electrons. The molecule has 0 bridgehead atoms. The molecule has 5 heterocycles. The minimum Gasteiger partial charge on any atom is -0.844 e. The largest absolute Gasteiger partial charge is 1.00 e. The summed E-state index contributed by atoms with van der Waals surface area (Å²) >= 11 is 5.14. The van der Waals surface area contributed by atoms with Crippen LogP contribution < -0.4 is 73.2 Å². The normalized spacial score (nSPS) is 12.2. The molecular weight excluding hydrogens is 808 g/mol. The molecule has 4 N–H and O–H groups in total. The fraction of sp³-hybridized carbons (Fsp3) is 0.481. The van der Waals surface area contributed by atoms with Crippen molar-refractivity contribution in [3.63, 3.8) is 0 Å². The van der Waals surface area contributed by atoms with Gasteiger partial charge in [0.05, 0.1) is 27.5 Å². The number of thioether (sulfide) groups is 2. The summed E-state index contributed by atoms with van der Waals surface area (Å²) in [6, 6.07) is -0.913.